The summed E-state index contributed by atoms with van der Waals surface area (Å²) >= 11 is 5.65. The normalized spacial score (nSPS) is 11.0. The van der Waals surface area contributed by atoms with Crippen LogP contribution in [-0.2, 0) is 7.05 Å². The van der Waals surface area contributed by atoms with Crippen LogP contribution in [0.25, 0.3) is 22.0 Å². The number of halogens is 1. The van der Waals surface area contributed by atoms with Gasteiger partial charge in [-0.1, -0.05) is 6.07 Å². The number of benzene rings is 1. The second-order valence-corrected chi connectivity index (χ2v) is 4.32. The molecule has 0 unspecified atom stereocenters. The van der Waals surface area contributed by atoms with Gasteiger partial charge in [-0.2, -0.15) is 0 Å². The first kappa shape index (κ1) is 11.0. The average Bonchev–Trinajstić information content (AvgIpc) is 2.65. The van der Waals surface area contributed by atoms with Gasteiger partial charge in [0.1, 0.15) is 0 Å². The van der Waals surface area contributed by atoms with Crippen molar-refractivity contribution in [2.24, 2.45) is 7.05 Å². The molecule has 0 amide bonds. The number of rotatable bonds is 1. The molecule has 0 aliphatic rings. The summed E-state index contributed by atoms with van der Waals surface area (Å²) in [7, 11) is 1.69. The summed E-state index contributed by atoms with van der Waals surface area (Å²) in [5.74, 6) is 0. The van der Waals surface area contributed by atoms with Crippen LogP contribution in [0.15, 0.2) is 35.4 Å². The summed E-state index contributed by atoms with van der Waals surface area (Å²) in [6.07, 6.45) is 3.30. The van der Waals surface area contributed by atoms with Crippen LogP contribution >= 0.6 is 11.6 Å². The molecule has 18 heavy (non-hydrogen) atoms. The molecule has 90 valence electrons. The summed E-state index contributed by atoms with van der Waals surface area (Å²) in [5.41, 5.74) is 2.53. The van der Waals surface area contributed by atoms with Crippen LogP contribution in [0.3, 0.4) is 0 Å². The summed E-state index contributed by atoms with van der Waals surface area (Å²) in [6.45, 7) is 0. The van der Waals surface area contributed by atoms with E-state index >= 15 is 0 Å². The Morgan fingerprint density at radius 1 is 1.22 bits per heavy atom. The standard InChI is InChI=1S/C12H9ClN4O/c1-17-11(18)9-3-2-7(4-10(9)16-17)8-5-14-12(13)15-6-8/h2-6,16H,1H3. The van der Waals surface area contributed by atoms with E-state index in [9.17, 15) is 4.79 Å². The van der Waals surface area contributed by atoms with Crippen LogP contribution in [-0.4, -0.2) is 19.7 Å². The molecule has 0 fully saturated rings. The Balaban J connectivity index is 2.19. The Morgan fingerprint density at radius 3 is 2.67 bits per heavy atom. The first-order valence-corrected chi connectivity index (χ1v) is 5.69. The minimum absolute atomic E-state index is 0.0380. The molecule has 5 nitrogen and oxygen atoms in total. The number of H-pyrrole nitrogens is 1. The highest BCUT2D eigenvalue weighted by molar-refractivity contribution is 6.28. The second-order valence-electron chi connectivity index (χ2n) is 3.98. The van der Waals surface area contributed by atoms with Crippen LogP contribution in [0.4, 0.5) is 0 Å². The Hall–Kier alpha value is -2.14. The molecule has 0 aliphatic heterocycles. The lowest BCUT2D eigenvalue weighted by atomic mass is 10.1. The van der Waals surface area contributed by atoms with Gasteiger partial charge in [-0.3, -0.25) is 14.6 Å². The van der Waals surface area contributed by atoms with Crippen LogP contribution < -0.4 is 5.56 Å². The van der Waals surface area contributed by atoms with Crippen LogP contribution in [0, 0.1) is 0 Å². The fraction of sp³-hybridized carbons (Fsp3) is 0.0833. The van der Waals surface area contributed by atoms with Gasteiger partial charge in [0.2, 0.25) is 5.28 Å². The maximum Gasteiger partial charge on any atom is 0.274 e. The van der Waals surface area contributed by atoms with Crippen LogP contribution in [0.5, 0.6) is 0 Å². The molecule has 1 aromatic carbocycles. The molecule has 0 atom stereocenters. The third-order valence-corrected chi connectivity index (χ3v) is 2.99. The Labute approximate surface area is 107 Å². The first-order valence-electron chi connectivity index (χ1n) is 5.32. The van der Waals surface area contributed by atoms with E-state index in [2.05, 4.69) is 15.1 Å². The molecule has 1 N–H and O–H groups in total. The quantitative estimate of drug-likeness (QED) is 0.681. The summed E-state index contributed by atoms with van der Waals surface area (Å²) in [5, 5.41) is 3.86. The SMILES string of the molecule is Cn1[nH]c2cc(-c3cnc(Cl)nc3)ccc2c1=O. The molecular formula is C12H9ClN4O. The average molecular weight is 261 g/mol. The van der Waals surface area contributed by atoms with Crippen molar-refractivity contribution in [2.45, 2.75) is 0 Å². The predicted octanol–water partition coefficient (Wildman–Crippen LogP) is 1.98. The Morgan fingerprint density at radius 2 is 1.94 bits per heavy atom. The van der Waals surface area contributed by atoms with Crippen molar-refractivity contribution in [1.82, 2.24) is 19.7 Å². The smallest absolute Gasteiger partial charge is 0.274 e. The van der Waals surface area contributed by atoms with Crippen molar-refractivity contribution in [3.8, 4) is 11.1 Å². The van der Waals surface area contributed by atoms with E-state index in [1.165, 1.54) is 4.68 Å². The number of hydrogen-bond donors (Lipinski definition) is 1. The van der Waals surface area contributed by atoms with Gasteiger partial charge in [-0.15, -0.1) is 0 Å². The monoisotopic (exact) mass is 260 g/mol. The van der Waals surface area contributed by atoms with Crippen molar-refractivity contribution < 1.29 is 0 Å². The van der Waals surface area contributed by atoms with Crippen molar-refractivity contribution in [2.75, 3.05) is 0 Å². The lowest BCUT2D eigenvalue weighted by Crippen LogP contribution is -2.10. The van der Waals surface area contributed by atoms with Crippen molar-refractivity contribution in [1.29, 1.82) is 0 Å². The Bertz CT molecular complexity index is 773. The largest absolute Gasteiger partial charge is 0.295 e. The number of aromatic nitrogens is 4. The third-order valence-electron chi connectivity index (χ3n) is 2.80. The highest BCUT2D eigenvalue weighted by atomic mass is 35.5. The summed E-state index contributed by atoms with van der Waals surface area (Å²) in [6, 6.07) is 5.55. The highest BCUT2D eigenvalue weighted by Gasteiger charge is 2.06. The van der Waals surface area contributed by atoms with E-state index in [1.54, 1.807) is 25.5 Å². The van der Waals surface area contributed by atoms with Gasteiger partial charge in [0.25, 0.3) is 5.56 Å². The summed E-state index contributed by atoms with van der Waals surface area (Å²) < 4.78 is 1.45. The molecule has 3 rings (SSSR count). The van der Waals surface area contributed by atoms with Gasteiger partial charge in [-0.05, 0) is 29.3 Å². The molecule has 6 heteroatoms. The number of aryl methyl sites for hydroxylation is 1. The van der Waals surface area contributed by atoms with Crippen molar-refractivity contribution in [3.63, 3.8) is 0 Å². The van der Waals surface area contributed by atoms with Crippen molar-refractivity contribution >= 4 is 22.5 Å². The zero-order valence-electron chi connectivity index (χ0n) is 9.51. The zero-order valence-corrected chi connectivity index (χ0v) is 10.3. The van der Waals surface area contributed by atoms with E-state index in [4.69, 9.17) is 11.6 Å². The molecule has 3 aromatic rings. The Kier molecular flexibility index (Phi) is 2.41. The molecule has 0 spiro atoms. The fourth-order valence-corrected chi connectivity index (χ4v) is 1.97. The van der Waals surface area contributed by atoms with Crippen LogP contribution in [0.1, 0.15) is 0 Å². The number of nitrogens with one attached hydrogen (secondary N) is 1. The molecule has 0 radical (unpaired) electrons. The van der Waals surface area contributed by atoms with Gasteiger partial charge < -0.3 is 0 Å². The van der Waals surface area contributed by atoms with Crippen molar-refractivity contribution in [3.05, 3.63) is 46.2 Å². The van der Waals surface area contributed by atoms with E-state index in [-0.39, 0.29) is 10.8 Å². The van der Waals surface area contributed by atoms with E-state index in [0.29, 0.717) is 5.39 Å². The number of fused-ring (bicyclic) bond motifs is 1. The lowest BCUT2D eigenvalue weighted by molar-refractivity contribution is 0.751. The maximum absolute atomic E-state index is 11.7. The second kappa shape index (κ2) is 3.96. The molecule has 2 heterocycles. The summed E-state index contributed by atoms with van der Waals surface area (Å²) in [4.78, 5) is 19.6. The first-order chi connectivity index (χ1) is 8.65. The van der Waals surface area contributed by atoms with Gasteiger partial charge in [0.05, 0.1) is 10.9 Å². The molecular weight excluding hydrogens is 252 g/mol. The molecule has 0 saturated heterocycles. The van der Waals surface area contributed by atoms with E-state index < -0.39 is 0 Å². The van der Waals surface area contributed by atoms with E-state index in [0.717, 1.165) is 16.6 Å². The molecule has 2 aromatic heterocycles. The van der Waals surface area contributed by atoms with Gasteiger partial charge in [0.15, 0.2) is 0 Å². The minimum atomic E-state index is -0.0380. The van der Waals surface area contributed by atoms with Gasteiger partial charge in [0, 0.05) is 25.0 Å². The number of aromatic amines is 1. The minimum Gasteiger partial charge on any atom is -0.295 e. The molecule has 0 saturated carbocycles. The number of nitrogens with zero attached hydrogens (tertiary/aromatic N) is 3. The number of hydrogen-bond acceptors (Lipinski definition) is 3. The third kappa shape index (κ3) is 1.69. The topological polar surface area (TPSA) is 63.6 Å². The fourth-order valence-electron chi connectivity index (χ4n) is 1.88. The molecule has 0 aliphatic carbocycles. The predicted molar refractivity (Wildman–Crippen MR) is 69.6 cm³/mol. The van der Waals surface area contributed by atoms with E-state index in [1.807, 2.05) is 12.1 Å². The highest BCUT2D eigenvalue weighted by Crippen LogP contribution is 2.21. The van der Waals surface area contributed by atoms with Gasteiger partial charge >= 0.3 is 0 Å². The van der Waals surface area contributed by atoms with Gasteiger partial charge in [-0.25, -0.2) is 9.97 Å². The van der Waals surface area contributed by atoms with Crippen LogP contribution in [0.2, 0.25) is 5.28 Å². The maximum atomic E-state index is 11.7. The lowest BCUT2D eigenvalue weighted by Gasteiger charge is -2.00. The molecule has 0 bridgehead atoms. The zero-order chi connectivity index (χ0) is 12.7.